The molecule has 100 valence electrons. The SMILES string of the molecule is CC(C)(C)c1ccc(-c2nc3c(c(=O)[nH]2)CSC3)s1. The highest BCUT2D eigenvalue weighted by molar-refractivity contribution is 7.98. The zero-order chi connectivity index (χ0) is 13.6. The highest BCUT2D eigenvalue weighted by atomic mass is 32.2. The van der Waals surface area contributed by atoms with Gasteiger partial charge in [0.25, 0.3) is 5.56 Å². The van der Waals surface area contributed by atoms with Gasteiger partial charge >= 0.3 is 0 Å². The fourth-order valence-corrected chi connectivity index (χ4v) is 4.09. The molecule has 0 amide bonds. The van der Waals surface area contributed by atoms with Crippen LogP contribution in [0.5, 0.6) is 0 Å². The second-order valence-corrected chi connectivity index (χ2v) is 7.82. The van der Waals surface area contributed by atoms with Gasteiger partial charge in [-0.2, -0.15) is 11.8 Å². The molecule has 19 heavy (non-hydrogen) atoms. The summed E-state index contributed by atoms with van der Waals surface area (Å²) >= 11 is 3.46. The van der Waals surface area contributed by atoms with Crippen LogP contribution < -0.4 is 5.56 Å². The van der Waals surface area contributed by atoms with Crippen LogP contribution in [0.1, 0.15) is 36.9 Å². The number of thioether (sulfide) groups is 1. The molecule has 1 aliphatic rings. The first-order valence-corrected chi connectivity index (χ1v) is 8.23. The van der Waals surface area contributed by atoms with Gasteiger partial charge in [0.15, 0.2) is 5.82 Å². The van der Waals surface area contributed by atoms with Gasteiger partial charge in [-0.15, -0.1) is 11.3 Å². The number of hydrogen-bond acceptors (Lipinski definition) is 4. The Hall–Kier alpha value is -1.07. The molecule has 0 saturated heterocycles. The highest BCUT2D eigenvalue weighted by Gasteiger charge is 2.20. The number of aromatic amines is 1. The molecule has 1 aliphatic heterocycles. The van der Waals surface area contributed by atoms with Gasteiger partial charge in [-0.1, -0.05) is 20.8 Å². The Balaban J connectivity index is 2.06. The largest absolute Gasteiger partial charge is 0.306 e. The van der Waals surface area contributed by atoms with Gasteiger partial charge < -0.3 is 4.98 Å². The van der Waals surface area contributed by atoms with Gasteiger partial charge in [0, 0.05) is 21.9 Å². The van der Waals surface area contributed by atoms with Gasteiger partial charge in [-0.25, -0.2) is 4.98 Å². The van der Waals surface area contributed by atoms with Gasteiger partial charge in [0.1, 0.15) is 0 Å². The van der Waals surface area contributed by atoms with Crippen LogP contribution in [-0.2, 0) is 16.9 Å². The van der Waals surface area contributed by atoms with Gasteiger partial charge in [0.05, 0.1) is 10.6 Å². The number of rotatable bonds is 1. The average Bonchev–Trinajstić information content (AvgIpc) is 2.96. The van der Waals surface area contributed by atoms with Crippen molar-refractivity contribution in [1.29, 1.82) is 0 Å². The Bertz CT molecular complexity index is 679. The molecule has 5 heteroatoms. The quantitative estimate of drug-likeness (QED) is 0.874. The predicted molar refractivity (Wildman–Crippen MR) is 81.9 cm³/mol. The first kappa shape index (κ1) is 12.9. The monoisotopic (exact) mass is 292 g/mol. The summed E-state index contributed by atoms with van der Waals surface area (Å²) in [5, 5.41) is 0. The smallest absolute Gasteiger partial charge is 0.255 e. The molecule has 2 aromatic rings. The average molecular weight is 292 g/mol. The minimum absolute atomic E-state index is 0.0238. The van der Waals surface area contributed by atoms with Crippen LogP contribution in [0.15, 0.2) is 16.9 Å². The maximum absolute atomic E-state index is 12.0. The first-order valence-electron chi connectivity index (χ1n) is 6.25. The van der Waals surface area contributed by atoms with E-state index < -0.39 is 0 Å². The normalized spacial score (nSPS) is 14.7. The molecular weight excluding hydrogens is 276 g/mol. The van der Waals surface area contributed by atoms with E-state index in [1.165, 1.54) is 4.88 Å². The fourth-order valence-electron chi connectivity index (χ4n) is 2.05. The summed E-state index contributed by atoms with van der Waals surface area (Å²) in [6.07, 6.45) is 0. The van der Waals surface area contributed by atoms with E-state index in [2.05, 4.69) is 42.9 Å². The Labute approximate surface area is 120 Å². The van der Waals surface area contributed by atoms with E-state index >= 15 is 0 Å². The Kier molecular flexibility index (Phi) is 3.06. The molecule has 1 N–H and O–H groups in total. The molecule has 3 heterocycles. The van der Waals surface area contributed by atoms with Crippen LogP contribution in [0.2, 0.25) is 0 Å². The number of H-pyrrole nitrogens is 1. The van der Waals surface area contributed by atoms with Gasteiger partial charge in [0.2, 0.25) is 0 Å². The third-order valence-electron chi connectivity index (χ3n) is 3.16. The minimum Gasteiger partial charge on any atom is -0.306 e. The van der Waals surface area contributed by atoms with E-state index in [9.17, 15) is 4.79 Å². The maximum Gasteiger partial charge on any atom is 0.255 e. The molecule has 0 saturated carbocycles. The van der Waals surface area contributed by atoms with E-state index in [4.69, 9.17) is 0 Å². The van der Waals surface area contributed by atoms with Crippen LogP contribution in [0.25, 0.3) is 10.7 Å². The summed E-state index contributed by atoms with van der Waals surface area (Å²) < 4.78 is 0. The van der Waals surface area contributed by atoms with Crippen molar-refractivity contribution in [3.05, 3.63) is 38.6 Å². The number of thiophene rings is 1. The van der Waals surface area contributed by atoms with E-state index in [1.807, 2.05) is 0 Å². The molecule has 0 fully saturated rings. The topological polar surface area (TPSA) is 45.8 Å². The predicted octanol–water partition coefficient (Wildman–Crippen LogP) is 3.54. The number of hydrogen-bond donors (Lipinski definition) is 1. The molecule has 3 nitrogen and oxygen atoms in total. The maximum atomic E-state index is 12.0. The molecule has 0 bridgehead atoms. The summed E-state index contributed by atoms with van der Waals surface area (Å²) in [7, 11) is 0. The van der Waals surface area contributed by atoms with E-state index in [-0.39, 0.29) is 11.0 Å². The van der Waals surface area contributed by atoms with Crippen molar-refractivity contribution in [1.82, 2.24) is 9.97 Å². The third kappa shape index (κ3) is 2.37. The lowest BCUT2D eigenvalue weighted by atomic mass is 9.95. The summed E-state index contributed by atoms with van der Waals surface area (Å²) in [5.74, 6) is 2.35. The molecule has 2 aromatic heterocycles. The Morgan fingerprint density at radius 3 is 2.74 bits per heavy atom. The van der Waals surface area contributed by atoms with E-state index in [0.717, 1.165) is 27.6 Å². The van der Waals surface area contributed by atoms with E-state index in [0.29, 0.717) is 5.82 Å². The summed E-state index contributed by atoms with van der Waals surface area (Å²) in [4.78, 5) is 21.9. The lowest BCUT2D eigenvalue weighted by molar-refractivity contribution is 0.604. The summed E-state index contributed by atoms with van der Waals surface area (Å²) in [6, 6.07) is 4.18. The van der Waals surface area contributed by atoms with Crippen molar-refractivity contribution in [2.75, 3.05) is 0 Å². The van der Waals surface area contributed by atoms with Crippen LogP contribution in [-0.4, -0.2) is 9.97 Å². The second kappa shape index (κ2) is 4.49. The van der Waals surface area contributed by atoms with Crippen molar-refractivity contribution in [3.8, 4) is 10.7 Å². The number of nitrogens with zero attached hydrogens (tertiary/aromatic N) is 1. The molecule has 0 aliphatic carbocycles. The zero-order valence-electron chi connectivity index (χ0n) is 11.2. The lowest BCUT2D eigenvalue weighted by Gasteiger charge is -2.15. The fraction of sp³-hybridized carbons (Fsp3) is 0.429. The van der Waals surface area contributed by atoms with Crippen LogP contribution in [0.4, 0.5) is 0 Å². The number of nitrogens with one attached hydrogen (secondary N) is 1. The molecule has 0 radical (unpaired) electrons. The Morgan fingerprint density at radius 2 is 2.05 bits per heavy atom. The zero-order valence-corrected chi connectivity index (χ0v) is 12.9. The molecule has 3 rings (SSSR count). The van der Waals surface area contributed by atoms with Crippen molar-refractivity contribution >= 4 is 23.1 Å². The number of fused-ring (bicyclic) bond motifs is 1. The third-order valence-corrected chi connectivity index (χ3v) is 5.65. The Morgan fingerprint density at radius 1 is 1.26 bits per heavy atom. The second-order valence-electron chi connectivity index (χ2n) is 5.75. The first-order chi connectivity index (χ1) is 8.95. The van der Waals surface area contributed by atoms with Crippen molar-refractivity contribution < 1.29 is 0 Å². The van der Waals surface area contributed by atoms with Crippen molar-refractivity contribution in [2.24, 2.45) is 0 Å². The summed E-state index contributed by atoms with van der Waals surface area (Å²) in [6.45, 7) is 6.58. The molecule has 0 atom stereocenters. The summed E-state index contributed by atoms with van der Waals surface area (Å²) in [5.41, 5.74) is 1.96. The van der Waals surface area contributed by atoms with Gasteiger partial charge in [-0.3, -0.25) is 4.79 Å². The molecule has 0 aromatic carbocycles. The standard InChI is InChI=1S/C14H16N2OS2/c1-14(2,3)11-5-4-10(19-11)12-15-9-7-18-6-8(9)13(17)16-12/h4-5H,6-7H2,1-3H3,(H,15,16,17). The lowest BCUT2D eigenvalue weighted by Crippen LogP contribution is -2.14. The van der Waals surface area contributed by atoms with Crippen molar-refractivity contribution in [2.45, 2.75) is 37.7 Å². The highest BCUT2D eigenvalue weighted by Crippen LogP contribution is 2.34. The molecule has 0 unspecified atom stereocenters. The van der Waals surface area contributed by atoms with Crippen molar-refractivity contribution in [3.63, 3.8) is 0 Å². The number of aromatic nitrogens is 2. The van der Waals surface area contributed by atoms with Gasteiger partial charge in [-0.05, 0) is 17.5 Å². The van der Waals surface area contributed by atoms with Crippen LogP contribution in [0.3, 0.4) is 0 Å². The van der Waals surface area contributed by atoms with E-state index in [1.54, 1.807) is 23.1 Å². The molecule has 0 spiro atoms. The minimum atomic E-state index is 0.0238. The van der Waals surface area contributed by atoms with Crippen LogP contribution in [0, 0.1) is 0 Å². The van der Waals surface area contributed by atoms with Crippen LogP contribution >= 0.6 is 23.1 Å². The molecular formula is C14H16N2OS2.